The van der Waals surface area contributed by atoms with Crippen LogP contribution in [0.4, 0.5) is 0 Å². The summed E-state index contributed by atoms with van der Waals surface area (Å²) in [5.41, 5.74) is 0. The van der Waals surface area contributed by atoms with Crippen LogP contribution >= 0.6 is 0 Å². The van der Waals surface area contributed by atoms with E-state index in [1.54, 1.807) is 12.1 Å². The van der Waals surface area contributed by atoms with Crippen LogP contribution in [0, 0.1) is 0 Å². The summed E-state index contributed by atoms with van der Waals surface area (Å²) in [4.78, 5) is 35.1. The molecule has 0 saturated carbocycles. The quantitative estimate of drug-likeness (QED) is 0.730. The molecule has 1 aliphatic heterocycles. The summed E-state index contributed by atoms with van der Waals surface area (Å²) in [5.74, 6) is -0.379. The lowest BCUT2D eigenvalue weighted by molar-refractivity contribution is -0.145. The first-order valence-electron chi connectivity index (χ1n) is 5.28. The summed E-state index contributed by atoms with van der Waals surface area (Å²) < 4.78 is 5.10. The number of rotatable bonds is 3. The molecule has 2 heterocycles. The van der Waals surface area contributed by atoms with Crippen molar-refractivity contribution in [3.8, 4) is 0 Å². The highest BCUT2D eigenvalue weighted by Gasteiger charge is 2.25. The summed E-state index contributed by atoms with van der Waals surface area (Å²) in [7, 11) is 0. The van der Waals surface area contributed by atoms with Crippen LogP contribution in [0.5, 0.6) is 0 Å². The Labute approximate surface area is 97.6 Å². The standard InChI is InChI=1S/C11H12N2O4/c14-9-6-13(7-10(15)12-9)11(16)4-3-8-2-1-5-17-8/h1-2,5H,3-4,6-7H2,(H,12,14,15). The van der Waals surface area contributed by atoms with Crippen LogP contribution in [0.25, 0.3) is 0 Å². The van der Waals surface area contributed by atoms with E-state index in [2.05, 4.69) is 5.32 Å². The Kier molecular flexibility index (Phi) is 3.22. The maximum Gasteiger partial charge on any atom is 0.246 e. The summed E-state index contributed by atoms with van der Waals surface area (Å²) in [5, 5.41) is 2.14. The second-order valence-corrected chi connectivity index (χ2v) is 3.80. The molecule has 1 aromatic rings. The first-order valence-corrected chi connectivity index (χ1v) is 5.28. The van der Waals surface area contributed by atoms with Gasteiger partial charge in [-0.2, -0.15) is 0 Å². The van der Waals surface area contributed by atoms with E-state index in [1.807, 2.05) is 0 Å². The van der Waals surface area contributed by atoms with Crippen molar-refractivity contribution in [2.75, 3.05) is 13.1 Å². The predicted molar refractivity (Wildman–Crippen MR) is 56.8 cm³/mol. The first kappa shape index (κ1) is 11.4. The molecule has 1 saturated heterocycles. The van der Waals surface area contributed by atoms with Crippen LogP contribution in [0.1, 0.15) is 12.2 Å². The van der Waals surface area contributed by atoms with Gasteiger partial charge in [0.15, 0.2) is 0 Å². The maximum atomic E-state index is 11.7. The molecule has 0 aromatic carbocycles. The zero-order chi connectivity index (χ0) is 12.3. The van der Waals surface area contributed by atoms with Gasteiger partial charge in [-0.3, -0.25) is 19.7 Å². The van der Waals surface area contributed by atoms with E-state index in [0.29, 0.717) is 12.2 Å². The van der Waals surface area contributed by atoms with Gasteiger partial charge in [0.1, 0.15) is 18.8 Å². The third-order valence-corrected chi connectivity index (χ3v) is 2.47. The second kappa shape index (κ2) is 4.82. The fourth-order valence-corrected chi connectivity index (χ4v) is 1.66. The monoisotopic (exact) mass is 236 g/mol. The molecule has 0 atom stereocenters. The number of furan rings is 1. The van der Waals surface area contributed by atoms with Crippen LogP contribution in [-0.4, -0.2) is 35.7 Å². The summed E-state index contributed by atoms with van der Waals surface area (Å²) in [6.45, 7) is -0.106. The number of piperazine rings is 1. The normalized spacial score (nSPS) is 15.9. The van der Waals surface area contributed by atoms with Gasteiger partial charge in [-0.05, 0) is 12.1 Å². The lowest BCUT2D eigenvalue weighted by atomic mass is 10.2. The Morgan fingerprint density at radius 2 is 2.06 bits per heavy atom. The highest BCUT2D eigenvalue weighted by molar-refractivity contribution is 6.02. The Hall–Kier alpha value is -2.11. The number of carbonyl (C=O) groups excluding carboxylic acids is 3. The second-order valence-electron chi connectivity index (χ2n) is 3.80. The summed E-state index contributed by atoms with van der Waals surface area (Å²) in [6.07, 6.45) is 2.24. The summed E-state index contributed by atoms with van der Waals surface area (Å²) in [6, 6.07) is 3.53. The Morgan fingerprint density at radius 1 is 1.35 bits per heavy atom. The molecular weight excluding hydrogens is 224 g/mol. The van der Waals surface area contributed by atoms with E-state index in [9.17, 15) is 14.4 Å². The molecule has 0 aliphatic carbocycles. The van der Waals surface area contributed by atoms with E-state index in [0.717, 1.165) is 0 Å². The van der Waals surface area contributed by atoms with Crippen molar-refractivity contribution in [2.24, 2.45) is 0 Å². The van der Waals surface area contributed by atoms with Crippen LogP contribution in [0.2, 0.25) is 0 Å². The SMILES string of the molecule is O=C1CN(C(=O)CCc2ccco2)CC(=O)N1. The van der Waals surface area contributed by atoms with Gasteiger partial charge in [0, 0.05) is 12.8 Å². The minimum absolute atomic E-state index is 0.0528. The van der Waals surface area contributed by atoms with E-state index in [4.69, 9.17) is 4.42 Å². The molecule has 0 bridgehead atoms. The molecule has 1 fully saturated rings. The minimum Gasteiger partial charge on any atom is -0.469 e. The largest absolute Gasteiger partial charge is 0.469 e. The zero-order valence-corrected chi connectivity index (χ0v) is 9.14. The van der Waals surface area contributed by atoms with E-state index in [1.165, 1.54) is 11.2 Å². The van der Waals surface area contributed by atoms with Gasteiger partial charge in [0.05, 0.1) is 6.26 Å². The molecule has 1 aliphatic rings. The van der Waals surface area contributed by atoms with Crippen molar-refractivity contribution in [2.45, 2.75) is 12.8 Å². The molecule has 0 unspecified atom stereocenters. The van der Waals surface area contributed by atoms with Gasteiger partial charge in [-0.1, -0.05) is 0 Å². The Morgan fingerprint density at radius 3 is 2.65 bits per heavy atom. The van der Waals surface area contributed by atoms with Crippen molar-refractivity contribution in [3.05, 3.63) is 24.2 Å². The average Bonchev–Trinajstić information content (AvgIpc) is 2.77. The molecule has 2 rings (SSSR count). The fraction of sp³-hybridized carbons (Fsp3) is 0.364. The number of hydrogen-bond donors (Lipinski definition) is 1. The van der Waals surface area contributed by atoms with Crippen molar-refractivity contribution in [1.82, 2.24) is 10.2 Å². The molecule has 1 aromatic heterocycles. The van der Waals surface area contributed by atoms with E-state index in [-0.39, 0.29) is 25.4 Å². The van der Waals surface area contributed by atoms with E-state index >= 15 is 0 Å². The molecule has 90 valence electrons. The number of aryl methyl sites for hydroxylation is 1. The van der Waals surface area contributed by atoms with Crippen LogP contribution in [0.15, 0.2) is 22.8 Å². The number of carbonyl (C=O) groups is 3. The topological polar surface area (TPSA) is 79.6 Å². The minimum atomic E-state index is -0.437. The maximum absolute atomic E-state index is 11.7. The first-order chi connectivity index (χ1) is 8.15. The van der Waals surface area contributed by atoms with Gasteiger partial charge < -0.3 is 9.32 Å². The number of hydrogen-bond acceptors (Lipinski definition) is 4. The van der Waals surface area contributed by atoms with Crippen molar-refractivity contribution in [1.29, 1.82) is 0 Å². The van der Waals surface area contributed by atoms with Crippen molar-refractivity contribution in [3.63, 3.8) is 0 Å². The van der Waals surface area contributed by atoms with Gasteiger partial charge in [0.25, 0.3) is 0 Å². The van der Waals surface area contributed by atoms with Crippen molar-refractivity contribution < 1.29 is 18.8 Å². The average molecular weight is 236 g/mol. The zero-order valence-electron chi connectivity index (χ0n) is 9.14. The lowest BCUT2D eigenvalue weighted by Gasteiger charge is -2.25. The number of nitrogens with zero attached hydrogens (tertiary/aromatic N) is 1. The highest BCUT2D eigenvalue weighted by atomic mass is 16.3. The van der Waals surface area contributed by atoms with Gasteiger partial charge in [-0.25, -0.2) is 0 Å². The van der Waals surface area contributed by atoms with Crippen LogP contribution in [0.3, 0.4) is 0 Å². The molecule has 0 spiro atoms. The molecule has 6 nitrogen and oxygen atoms in total. The lowest BCUT2D eigenvalue weighted by Crippen LogP contribution is -2.53. The Balaban J connectivity index is 1.87. The number of imide groups is 1. The van der Waals surface area contributed by atoms with Crippen molar-refractivity contribution >= 4 is 17.7 Å². The van der Waals surface area contributed by atoms with Gasteiger partial charge in [-0.15, -0.1) is 0 Å². The van der Waals surface area contributed by atoms with Gasteiger partial charge >= 0.3 is 0 Å². The molecule has 17 heavy (non-hydrogen) atoms. The molecule has 0 radical (unpaired) electrons. The smallest absolute Gasteiger partial charge is 0.246 e. The summed E-state index contributed by atoms with van der Waals surface area (Å²) >= 11 is 0. The van der Waals surface area contributed by atoms with Crippen LogP contribution < -0.4 is 5.32 Å². The molecule has 1 N–H and O–H groups in total. The number of amides is 3. The predicted octanol–water partition coefficient (Wildman–Crippen LogP) is -0.303. The highest BCUT2D eigenvalue weighted by Crippen LogP contribution is 2.06. The third kappa shape index (κ3) is 2.93. The molecular formula is C11H12N2O4. The van der Waals surface area contributed by atoms with E-state index < -0.39 is 11.8 Å². The molecule has 3 amide bonds. The third-order valence-electron chi connectivity index (χ3n) is 2.47. The fourth-order valence-electron chi connectivity index (χ4n) is 1.66. The number of nitrogens with one attached hydrogen (secondary N) is 1. The Bertz CT molecular complexity index is 422. The molecule has 6 heteroatoms. The van der Waals surface area contributed by atoms with Gasteiger partial charge in [0.2, 0.25) is 17.7 Å². The van der Waals surface area contributed by atoms with Crippen LogP contribution in [-0.2, 0) is 20.8 Å².